The molecule has 102 valence electrons. The summed E-state index contributed by atoms with van der Waals surface area (Å²) in [5, 5.41) is 3.51. The Morgan fingerprint density at radius 2 is 1.82 bits per heavy atom. The smallest absolute Gasteiger partial charge is 0.00922 e. The van der Waals surface area contributed by atoms with E-state index in [0.29, 0.717) is 0 Å². The first-order valence-electron chi connectivity index (χ1n) is 7.61. The number of nitrogens with zero attached hydrogens (tertiary/aromatic N) is 1. The third-order valence-corrected chi connectivity index (χ3v) is 3.87. The highest BCUT2D eigenvalue weighted by atomic mass is 15.1. The lowest BCUT2D eigenvalue weighted by molar-refractivity contribution is 0.157. The summed E-state index contributed by atoms with van der Waals surface area (Å²) in [5.74, 6) is 0.783. The molecular weight excluding hydrogens is 208 g/mol. The van der Waals surface area contributed by atoms with E-state index in [4.69, 9.17) is 0 Å². The fraction of sp³-hybridized carbons (Fsp3) is 1.00. The zero-order valence-electron chi connectivity index (χ0n) is 12.2. The number of nitrogens with one attached hydrogen (secondary N) is 1. The van der Waals surface area contributed by atoms with E-state index in [1.165, 1.54) is 64.6 Å². The first kappa shape index (κ1) is 15.0. The van der Waals surface area contributed by atoms with E-state index in [9.17, 15) is 0 Å². The van der Waals surface area contributed by atoms with Gasteiger partial charge in [-0.1, -0.05) is 33.1 Å². The standard InChI is InChI=1S/C15H32N2/c1-14(2)13-16-11-6-4-5-7-12-17(3)15-9-8-10-15/h14-16H,4-13H2,1-3H3. The summed E-state index contributed by atoms with van der Waals surface area (Å²) in [7, 11) is 2.30. The molecule has 0 unspecified atom stereocenters. The number of hydrogen-bond acceptors (Lipinski definition) is 2. The summed E-state index contributed by atoms with van der Waals surface area (Å²) >= 11 is 0. The number of hydrogen-bond donors (Lipinski definition) is 1. The topological polar surface area (TPSA) is 15.3 Å². The normalized spacial score (nSPS) is 16.8. The van der Waals surface area contributed by atoms with Crippen molar-refractivity contribution in [2.24, 2.45) is 5.92 Å². The van der Waals surface area contributed by atoms with E-state index in [-0.39, 0.29) is 0 Å². The maximum atomic E-state index is 3.51. The molecule has 0 saturated heterocycles. The first-order valence-corrected chi connectivity index (χ1v) is 7.61. The van der Waals surface area contributed by atoms with Crippen LogP contribution >= 0.6 is 0 Å². The molecule has 2 nitrogen and oxygen atoms in total. The van der Waals surface area contributed by atoms with Gasteiger partial charge in [-0.25, -0.2) is 0 Å². The van der Waals surface area contributed by atoms with Crippen molar-refractivity contribution in [3.8, 4) is 0 Å². The summed E-state index contributed by atoms with van der Waals surface area (Å²) in [6.45, 7) is 8.22. The van der Waals surface area contributed by atoms with Gasteiger partial charge in [-0.2, -0.15) is 0 Å². The SMILES string of the molecule is CC(C)CNCCCCCCN(C)C1CCC1. The van der Waals surface area contributed by atoms with Crippen LogP contribution in [0.2, 0.25) is 0 Å². The Bertz CT molecular complexity index is 176. The van der Waals surface area contributed by atoms with Crippen LogP contribution in [0.5, 0.6) is 0 Å². The van der Waals surface area contributed by atoms with Crippen molar-refractivity contribution >= 4 is 0 Å². The highest BCUT2D eigenvalue weighted by Crippen LogP contribution is 2.23. The minimum atomic E-state index is 0.783. The van der Waals surface area contributed by atoms with Crippen molar-refractivity contribution in [1.29, 1.82) is 0 Å². The average molecular weight is 240 g/mol. The van der Waals surface area contributed by atoms with Crippen LogP contribution in [0.1, 0.15) is 58.8 Å². The minimum Gasteiger partial charge on any atom is -0.316 e. The van der Waals surface area contributed by atoms with Gasteiger partial charge < -0.3 is 10.2 Å². The molecule has 0 aromatic carbocycles. The van der Waals surface area contributed by atoms with Gasteiger partial charge >= 0.3 is 0 Å². The predicted molar refractivity (Wildman–Crippen MR) is 76.4 cm³/mol. The zero-order valence-corrected chi connectivity index (χ0v) is 12.2. The van der Waals surface area contributed by atoms with Gasteiger partial charge in [0, 0.05) is 6.04 Å². The predicted octanol–water partition coefficient (Wildman–Crippen LogP) is 3.28. The summed E-state index contributed by atoms with van der Waals surface area (Å²) in [6.07, 6.45) is 9.86. The van der Waals surface area contributed by atoms with Gasteiger partial charge in [-0.3, -0.25) is 0 Å². The van der Waals surface area contributed by atoms with E-state index in [1.54, 1.807) is 0 Å². The second kappa shape index (κ2) is 8.93. The van der Waals surface area contributed by atoms with Gasteiger partial charge in [-0.05, 0) is 58.3 Å². The van der Waals surface area contributed by atoms with Crippen LogP contribution < -0.4 is 5.32 Å². The van der Waals surface area contributed by atoms with Crippen molar-refractivity contribution in [3.63, 3.8) is 0 Å². The number of rotatable bonds is 10. The maximum absolute atomic E-state index is 3.51. The number of unbranched alkanes of at least 4 members (excludes halogenated alkanes) is 3. The molecule has 0 amide bonds. The summed E-state index contributed by atoms with van der Waals surface area (Å²) in [5.41, 5.74) is 0. The maximum Gasteiger partial charge on any atom is 0.00922 e. The Balaban J connectivity index is 1.77. The van der Waals surface area contributed by atoms with Gasteiger partial charge in [0.1, 0.15) is 0 Å². The molecule has 1 saturated carbocycles. The lowest BCUT2D eigenvalue weighted by atomic mass is 9.92. The van der Waals surface area contributed by atoms with Crippen molar-refractivity contribution < 1.29 is 0 Å². The van der Waals surface area contributed by atoms with Crippen LogP contribution in [0.3, 0.4) is 0 Å². The molecule has 0 atom stereocenters. The molecule has 0 spiro atoms. The molecule has 1 fully saturated rings. The second-order valence-electron chi connectivity index (χ2n) is 6.08. The third-order valence-electron chi connectivity index (χ3n) is 3.87. The Morgan fingerprint density at radius 1 is 1.12 bits per heavy atom. The van der Waals surface area contributed by atoms with E-state index in [0.717, 1.165) is 12.0 Å². The summed E-state index contributed by atoms with van der Waals surface area (Å²) in [4.78, 5) is 2.57. The molecule has 0 aromatic heterocycles. The Labute approximate surface area is 108 Å². The lowest BCUT2D eigenvalue weighted by Crippen LogP contribution is -2.37. The second-order valence-corrected chi connectivity index (χ2v) is 6.08. The molecule has 1 aliphatic carbocycles. The molecule has 2 heteroatoms. The Morgan fingerprint density at radius 3 is 2.41 bits per heavy atom. The van der Waals surface area contributed by atoms with Crippen LogP contribution in [0, 0.1) is 5.92 Å². The van der Waals surface area contributed by atoms with Crippen LogP contribution in [0.4, 0.5) is 0 Å². The van der Waals surface area contributed by atoms with Crippen molar-refractivity contribution in [1.82, 2.24) is 10.2 Å². The van der Waals surface area contributed by atoms with Gasteiger partial charge in [0.2, 0.25) is 0 Å². The Hall–Kier alpha value is -0.0800. The third kappa shape index (κ3) is 7.05. The summed E-state index contributed by atoms with van der Waals surface area (Å²) < 4.78 is 0. The lowest BCUT2D eigenvalue weighted by Gasteiger charge is -2.34. The molecule has 0 bridgehead atoms. The van der Waals surface area contributed by atoms with Gasteiger partial charge in [0.05, 0.1) is 0 Å². The molecule has 0 heterocycles. The zero-order chi connectivity index (χ0) is 12.5. The van der Waals surface area contributed by atoms with Crippen LogP contribution in [0.25, 0.3) is 0 Å². The molecular formula is C15H32N2. The molecule has 1 N–H and O–H groups in total. The monoisotopic (exact) mass is 240 g/mol. The Kier molecular flexibility index (Phi) is 7.87. The van der Waals surface area contributed by atoms with E-state index in [2.05, 4.69) is 31.1 Å². The van der Waals surface area contributed by atoms with Crippen LogP contribution in [-0.4, -0.2) is 37.6 Å². The van der Waals surface area contributed by atoms with Crippen LogP contribution in [0.15, 0.2) is 0 Å². The molecule has 1 rings (SSSR count). The highest BCUT2D eigenvalue weighted by Gasteiger charge is 2.20. The van der Waals surface area contributed by atoms with Crippen molar-refractivity contribution in [2.45, 2.75) is 64.8 Å². The quantitative estimate of drug-likeness (QED) is 0.590. The largest absolute Gasteiger partial charge is 0.316 e. The minimum absolute atomic E-state index is 0.783. The molecule has 0 radical (unpaired) electrons. The van der Waals surface area contributed by atoms with Gasteiger partial charge in [0.25, 0.3) is 0 Å². The highest BCUT2D eigenvalue weighted by molar-refractivity contribution is 4.77. The van der Waals surface area contributed by atoms with E-state index in [1.807, 2.05) is 0 Å². The van der Waals surface area contributed by atoms with Gasteiger partial charge in [0.15, 0.2) is 0 Å². The van der Waals surface area contributed by atoms with Crippen LogP contribution in [-0.2, 0) is 0 Å². The van der Waals surface area contributed by atoms with Crippen molar-refractivity contribution in [2.75, 3.05) is 26.7 Å². The van der Waals surface area contributed by atoms with Crippen molar-refractivity contribution in [3.05, 3.63) is 0 Å². The fourth-order valence-corrected chi connectivity index (χ4v) is 2.37. The molecule has 0 aliphatic heterocycles. The molecule has 1 aliphatic rings. The van der Waals surface area contributed by atoms with E-state index >= 15 is 0 Å². The fourth-order valence-electron chi connectivity index (χ4n) is 2.37. The molecule has 17 heavy (non-hydrogen) atoms. The van der Waals surface area contributed by atoms with Gasteiger partial charge in [-0.15, -0.1) is 0 Å². The first-order chi connectivity index (χ1) is 8.20. The van der Waals surface area contributed by atoms with E-state index < -0.39 is 0 Å². The average Bonchev–Trinajstić information content (AvgIpc) is 2.19. The summed E-state index contributed by atoms with van der Waals surface area (Å²) in [6, 6.07) is 0.919. The molecule has 0 aromatic rings.